The SMILES string of the molecule is CCNC(=NCc1cc(N(C)C)nc2ccccc12)N1CCC(OCCCOC)CC1. The highest BCUT2D eigenvalue weighted by atomic mass is 16.5. The van der Waals surface area contributed by atoms with Crippen LogP contribution in [-0.2, 0) is 16.0 Å². The molecule has 1 N–H and O–H groups in total. The summed E-state index contributed by atoms with van der Waals surface area (Å²) in [5.74, 6) is 1.94. The van der Waals surface area contributed by atoms with Crippen molar-refractivity contribution in [1.29, 1.82) is 0 Å². The largest absolute Gasteiger partial charge is 0.385 e. The van der Waals surface area contributed by atoms with E-state index in [0.29, 0.717) is 12.6 Å². The lowest BCUT2D eigenvalue weighted by Crippen LogP contribution is -2.47. The standard InChI is InChI=1S/C24H37N5O2/c1-5-25-24(29-13-11-20(12-14-29)31-16-8-15-30-4)26-18-19-17-23(28(2)3)27-22-10-7-6-9-21(19)22/h6-7,9-10,17,20H,5,8,11-16,18H2,1-4H3,(H,25,26). The number of pyridine rings is 1. The number of fused-ring (bicyclic) bond motifs is 1. The smallest absolute Gasteiger partial charge is 0.194 e. The molecule has 1 fully saturated rings. The van der Waals surface area contributed by atoms with Gasteiger partial charge < -0.3 is 24.6 Å². The van der Waals surface area contributed by atoms with Crippen molar-refractivity contribution in [2.45, 2.75) is 38.8 Å². The summed E-state index contributed by atoms with van der Waals surface area (Å²) in [6, 6.07) is 10.4. The molecule has 0 unspecified atom stereocenters. The second-order valence-corrected chi connectivity index (χ2v) is 8.12. The Morgan fingerprint density at radius 1 is 1.23 bits per heavy atom. The number of nitrogens with zero attached hydrogens (tertiary/aromatic N) is 4. The van der Waals surface area contributed by atoms with E-state index in [-0.39, 0.29) is 0 Å². The van der Waals surface area contributed by atoms with Crippen molar-refractivity contribution in [1.82, 2.24) is 15.2 Å². The third-order valence-corrected chi connectivity index (χ3v) is 5.57. The van der Waals surface area contributed by atoms with E-state index in [1.54, 1.807) is 7.11 Å². The van der Waals surface area contributed by atoms with Gasteiger partial charge in [-0.25, -0.2) is 9.98 Å². The van der Waals surface area contributed by atoms with Gasteiger partial charge in [0.1, 0.15) is 5.82 Å². The first-order valence-electron chi connectivity index (χ1n) is 11.3. The third kappa shape index (κ3) is 6.55. The quantitative estimate of drug-likeness (QED) is 0.376. The van der Waals surface area contributed by atoms with Crippen LogP contribution in [0.2, 0.25) is 0 Å². The molecule has 0 amide bonds. The number of anilines is 1. The summed E-state index contributed by atoms with van der Waals surface area (Å²) in [4.78, 5) is 14.2. The monoisotopic (exact) mass is 427 g/mol. The molecular formula is C24H37N5O2. The van der Waals surface area contributed by atoms with Gasteiger partial charge in [-0.2, -0.15) is 0 Å². The predicted molar refractivity (Wildman–Crippen MR) is 128 cm³/mol. The first-order chi connectivity index (χ1) is 15.1. The molecule has 2 heterocycles. The van der Waals surface area contributed by atoms with Crippen LogP contribution in [0.1, 0.15) is 31.7 Å². The molecule has 0 aliphatic carbocycles. The molecule has 1 aliphatic heterocycles. The van der Waals surface area contributed by atoms with E-state index in [9.17, 15) is 0 Å². The minimum atomic E-state index is 0.336. The highest BCUT2D eigenvalue weighted by Gasteiger charge is 2.22. The van der Waals surface area contributed by atoms with Gasteiger partial charge in [-0.1, -0.05) is 18.2 Å². The molecule has 0 spiro atoms. The van der Waals surface area contributed by atoms with E-state index in [0.717, 1.165) is 74.8 Å². The molecule has 1 saturated heterocycles. The van der Waals surface area contributed by atoms with Gasteiger partial charge in [0.2, 0.25) is 0 Å². The van der Waals surface area contributed by atoms with Crippen LogP contribution >= 0.6 is 0 Å². The van der Waals surface area contributed by atoms with Crippen molar-refractivity contribution in [2.24, 2.45) is 4.99 Å². The number of guanidine groups is 1. The summed E-state index contributed by atoms with van der Waals surface area (Å²) in [6.07, 6.45) is 3.35. The molecule has 1 aromatic heterocycles. The van der Waals surface area contributed by atoms with Gasteiger partial charge in [-0.3, -0.25) is 0 Å². The molecule has 1 aromatic carbocycles. The number of ether oxygens (including phenoxy) is 2. The van der Waals surface area contributed by atoms with Crippen LogP contribution in [-0.4, -0.2) is 76.0 Å². The number of aromatic nitrogens is 1. The van der Waals surface area contributed by atoms with Crippen LogP contribution < -0.4 is 10.2 Å². The maximum atomic E-state index is 6.01. The summed E-state index contributed by atoms with van der Waals surface area (Å²) < 4.78 is 11.1. The average Bonchev–Trinajstić information content (AvgIpc) is 2.79. The number of piperidine rings is 1. The predicted octanol–water partition coefficient (Wildman–Crippen LogP) is 3.28. The Morgan fingerprint density at radius 2 is 2.00 bits per heavy atom. The molecule has 7 heteroatoms. The Labute approximate surface area is 186 Å². The van der Waals surface area contributed by atoms with Crippen molar-refractivity contribution >= 4 is 22.7 Å². The Balaban J connectivity index is 1.68. The number of hydrogen-bond donors (Lipinski definition) is 1. The molecule has 0 saturated carbocycles. The van der Waals surface area contributed by atoms with Crippen LogP contribution in [0, 0.1) is 0 Å². The lowest BCUT2D eigenvalue weighted by atomic mass is 10.1. The molecule has 2 aromatic rings. The molecule has 0 radical (unpaired) electrons. The average molecular weight is 428 g/mol. The fraction of sp³-hybridized carbons (Fsp3) is 0.583. The van der Waals surface area contributed by atoms with Gasteiger partial charge in [0.05, 0.1) is 18.2 Å². The second-order valence-electron chi connectivity index (χ2n) is 8.12. The number of likely N-dealkylation sites (tertiary alicyclic amines) is 1. The van der Waals surface area contributed by atoms with Crippen LogP contribution in [0.3, 0.4) is 0 Å². The molecule has 1 aliphatic rings. The van der Waals surface area contributed by atoms with Crippen LogP contribution in [0.5, 0.6) is 0 Å². The van der Waals surface area contributed by atoms with Crippen molar-refractivity contribution < 1.29 is 9.47 Å². The van der Waals surface area contributed by atoms with Crippen molar-refractivity contribution in [3.63, 3.8) is 0 Å². The topological polar surface area (TPSA) is 62.2 Å². The molecular weight excluding hydrogens is 390 g/mol. The van der Waals surface area contributed by atoms with Gasteiger partial charge >= 0.3 is 0 Å². The van der Waals surface area contributed by atoms with Gasteiger partial charge in [0.25, 0.3) is 0 Å². The van der Waals surface area contributed by atoms with Crippen LogP contribution in [0.15, 0.2) is 35.3 Å². The maximum Gasteiger partial charge on any atom is 0.194 e. The first-order valence-corrected chi connectivity index (χ1v) is 11.3. The number of hydrogen-bond acceptors (Lipinski definition) is 5. The zero-order valence-electron chi connectivity index (χ0n) is 19.4. The number of benzene rings is 1. The lowest BCUT2D eigenvalue weighted by molar-refractivity contribution is 0.00990. The Hall–Kier alpha value is -2.38. The lowest BCUT2D eigenvalue weighted by Gasteiger charge is -2.34. The highest BCUT2D eigenvalue weighted by Crippen LogP contribution is 2.23. The number of nitrogens with one attached hydrogen (secondary N) is 1. The van der Waals surface area contributed by atoms with Gasteiger partial charge in [-0.15, -0.1) is 0 Å². The number of aliphatic imine (C=N–C) groups is 1. The maximum absolute atomic E-state index is 6.01. The van der Waals surface area contributed by atoms with Gasteiger partial charge in [0, 0.05) is 59.4 Å². The van der Waals surface area contributed by atoms with Gasteiger partial charge in [0.15, 0.2) is 5.96 Å². The molecule has 170 valence electrons. The molecule has 0 bridgehead atoms. The second kappa shape index (κ2) is 11.9. The summed E-state index contributed by atoms with van der Waals surface area (Å²) in [6.45, 7) is 7.05. The minimum absolute atomic E-state index is 0.336. The van der Waals surface area contributed by atoms with Crippen molar-refractivity contribution in [3.05, 3.63) is 35.9 Å². The summed E-state index contributed by atoms with van der Waals surface area (Å²) >= 11 is 0. The van der Waals surface area contributed by atoms with Crippen LogP contribution in [0.4, 0.5) is 5.82 Å². The van der Waals surface area contributed by atoms with E-state index in [4.69, 9.17) is 19.5 Å². The van der Waals surface area contributed by atoms with Gasteiger partial charge in [-0.05, 0) is 43.9 Å². The Bertz CT molecular complexity index is 847. The van der Waals surface area contributed by atoms with Crippen molar-refractivity contribution in [3.8, 4) is 0 Å². The number of methoxy groups -OCH3 is 1. The first kappa shape index (κ1) is 23.3. The third-order valence-electron chi connectivity index (χ3n) is 5.57. The minimum Gasteiger partial charge on any atom is -0.385 e. The molecule has 3 rings (SSSR count). The fourth-order valence-corrected chi connectivity index (χ4v) is 3.87. The molecule has 0 atom stereocenters. The number of rotatable bonds is 9. The fourth-order valence-electron chi connectivity index (χ4n) is 3.87. The Morgan fingerprint density at radius 3 is 2.71 bits per heavy atom. The Kier molecular flexibility index (Phi) is 8.91. The number of para-hydroxylation sites is 1. The van der Waals surface area contributed by atoms with Crippen molar-refractivity contribution in [2.75, 3.05) is 59.0 Å². The van der Waals surface area contributed by atoms with E-state index in [1.165, 1.54) is 5.56 Å². The highest BCUT2D eigenvalue weighted by molar-refractivity contribution is 5.85. The molecule has 31 heavy (non-hydrogen) atoms. The summed E-state index contributed by atoms with van der Waals surface area (Å²) in [7, 11) is 5.78. The molecule has 7 nitrogen and oxygen atoms in total. The summed E-state index contributed by atoms with van der Waals surface area (Å²) in [5, 5.41) is 4.64. The summed E-state index contributed by atoms with van der Waals surface area (Å²) in [5.41, 5.74) is 2.21. The van der Waals surface area contributed by atoms with E-state index < -0.39 is 0 Å². The zero-order chi connectivity index (χ0) is 22.1. The van der Waals surface area contributed by atoms with E-state index in [1.807, 2.05) is 25.1 Å². The van der Waals surface area contributed by atoms with E-state index >= 15 is 0 Å². The van der Waals surface area contributed by atoms with Crippen LogP contribution in [0.25, 0.3) is 10.9 Å². The zero-order valence-corrected chi connectivity index (χ0v) is 19.4. The van der Waals surface area contributed by atoms with E-state index in [2.05, 4.69) is 41.4 Å². The normalized spacial score (nSPS) is 15.5.